The number of nitrogens with zero attached hydrogens (tertiary/aromatic N) is 3. The fourth-order valence-corrected chi connectivity index (χ4v) is 4.12. The summed E-state index contributed by atoms with van der Waals surface area (Å²) in [6.45, 7) is 4.12. The SMILES string of the molecule is CSCc1nn(-c2cc(Cl)c(OC3=NNC4OC4C(C(C)C)=C3)c(Cl)c2)c(=O)[nH]c1=O. The van der Waals surface area contributed by atoms with Crippen LogP contribution >= 0.6 is 35.0 Å². The lowest BCUT2D eigenvalue weighted by Gasteiger charge is -2.13. The number of rotatable bonds is 5. The van der Waals surface area contributed by atoms with Crippen molar-refractivity contribution in [1.82, 2.24) is 20.2 Å². The summed E-state index contributed by atoms with van der Waals surface area (Å²) in [6.07, 6.45) is 3.43. The normalized spacial score (nSPS) is 19.8. The molecule has 2 atom stereocenters. The summed E-state index contributed by atoms with van der Waals surface area (Å²) in [5.41, 5.74) is 3.22. The number of nitrogens with one attached hydrogen (secondary N) is 2. The zero-order valence-corrected chi connectivity index (χ0v) is 19.1. The van der Waals surface area contributed by atoms with Crippen molar-refractivity contribution in [1.29, 1.82) is 0 Å². The number of ether oxygens (including phenoxy) is 2. The van der Waals surface area contributed by atoms with Crippen LogP contribution in [0, 0.1) is 5.92 Å². The van der Waals surface area contributed by atoms with Gasteiger partial charge in [-0.3, -0.25) is 15.2 Å². The van der Waals surface area contributed by atoms with E-state index in [-0.39, 0.29) is 45.6 Å². The minimum atomic E-state index is -0.697. The van der Waals surface area contributed by atoms with Crippen LogP contribution in [0.2, 0.25) is 10.0 Å². The fraction of sp³-hybridized carbons (Fsp3) is 0.368. The molecular formula is C19H19Cl2N5O4S. The van der Waals surface area contributed by atoms with Crippen molar-refractivity contribution in [2.45, 2.75) is 31.9 Å². The van der Waals surface area contributed by atoms with Crippen molar-refractivity contribution in [3.63, 3.8) is 0 Å². The summed E-state index contributed by atoms with van der Waals surface area (Å²) in [5, 5.41) is 8.66. The molecule has 1 saturated heterocycles. The molecule has 2 aliphatic heterocycles. The maximum Gasteiger partial charge on any atom is 0.349 e. The maximum atomic E-state index is 12.3. The molecule has 0 spiro atoms. The van der Waals surface area contributed by atoms with Gasteiger partial charge < -0.3 is 9.47 Å². The van der Waals surface area contributed by atoms with Crippen molar-refractivity contribution < 1.29 is 9.47 Å². The third-order valence-corrected chi connectivity index (χ3v) is 5.81. The molecule has 9 nitrogen and oxygen atoms in total. The number of aromatic amines is 1. The van der Waals surface area contributed by atoms with Crippen LogP contribution in [0.1, 0.15) is 19.5 Å². The van der Waals surface area contributed by atoms with Crippen molar-refractivity contribution in [2.75, 3.05) is 6.26 Å². The van der Waals surface area contributed by atoms with Gasteiger partial charge in [-0.15, -0.1) is 5.10 Å². The Morgan fingerprint density at radius 1 is 1.29 bits per heavy atom. The smallest absolute Gasteiger partial charge is 0.349 e. The van der Waals surface area contributed by atoms with Gasteiger partial charge in [-0.2, -0.15) is 21.5 Å². The van der Waals surface area contributed by atoms with Crippen LogP contribution in [0.15, 0.2) is 38.5 Å². The third kappa shape index (κ3) is 4.52. The van der Waals surface area contributed by atoms with Gasteiger partial charge in [0.25, 0.3) is 5.56 Å². The Morgan fingerprint density at radius 3 is 2.65 bits per heavy atom. The summed E-state index contributed by atoms with van der Waals surface area (Å²) >= 11 is 14.2. The molecule has 1 fully saturated rings. The number of hydrazone groups is 1. The van der Waals surface area contributed by atoms with Gasteiger partial charge in [0.1, 0.15) is 11.8 Å². The summed E-state index contributed by atoms with van der Waals surface area (Å²) < 4.78 is 12.4. The van der Waals surface area contributed by atoms with Gasteiger partial charge in [-0.05, 0) is 29.9 Å². The molecule has 1 aromatic heterocycles. The summed E-state index contributed by atoms with van der Waals surface area (Å²) in [5.74, 6) is 1.06. The first-order valence-electron chi connectivity index (χ1n) is 9.37. The first-order chi connectivity index (χ1) is 14.8. The number of fused-ring (bicyclic) bond motifs is 1. The van der Waals surface area contributed by atoms with E-state index in [1.54, 1.807) is 6.08 Å². The highest BCUT2D eigenvalue weighted by atomic mass is 35.5. The topological polar surface area (TPSA) is 114 Å². The molecule has 2 aromatic rings. The highest BCUT2D eigenvalue weighted by molar-refractivity contribution is 7.97. The van der Waals surface area contributed by atoms with Crippen LogP contribution in [-0.2, 0) is 10.5 Å². The number of hydrogen-bond acceptors (Lipinski definition) is 8. The van der Waals surface area contributed by atoms with Gasteiger partial charge in [-0.25, -0.2) is 4.79 Å². The Morgan fingerprint density at radius 2 is 2.00 bits per heavy atom. The van der Waals surface area contributed by atoms with Crippen LogP contribution < -0.4 is 21.4 Å². The Hall–Kier alpha value is -2.27. The van der Waals surface area contributed by atoms with Gasteiger partial charge in [0.05, 0.1) is 15.7 Å². The van der Waals surface area contributed by atoms with Gasteiger partial charge in [0, 0.05) is 11.8 Å². The van der Waals surface area contributed by atoms with E-state index in [1.165, 1.54) is 23.9 Å². The lowest BCUT2D eigenvalue weighted by Crippen LogP contribution is -2.33. The fourth-order valence-electron chi connectivity index (χ4n) is 3.11. The summed E-state index contributed by atoms with van der Waals surface area (Å²) in [6, 6.07) is 2.97. The summed E-state index contributed by atoms with van der Waals surface area (Å²) in [7, 11) is 0. The first-order valence-corrected chi connectivity index (χ1v) is 11.5. The Bertz CT molecular complexity index is 1180. The third-order valence-electron chi connectivity index (χ3n) is 4.69. The molecule has 4 rings (SSSR count). The number of halogens is 2. The van der Waals surface area contributed by atoms with E-state index >= 15 is 0 Å². The zero-order chi connectivity index (χ0) is 22.3. The maximum absolute atomic E-state index is 12.3. The minimum Gasteiger partial charge on any atom is -0.434 e. The van der Waals surface area contributed by atoms with E-state index in [0.717, 1.165) is 10.3 Å². The Kier molecular flexibility index (Phi) is 6.16. The number of benzene rings is 1. The molecule has 1 aromatic carbocycles. The number of thioether (sulfide) groups is 1. The van der Waals surface area contributed by atoms with Crippen molar-refractivity contribution in [3.05, 3.63) is 60.4 Å². The molecule has 0 aliphatic carbocycles. The molecule has 0 bridgehead atoms. The quantitative estimate of drug-likeness (QED) is 0.628. The second-order valence-corrected chi connectivity index (χ2v) is 8.93. The van der Waals surface area contributed by atoms with E-state index in [2.05, 4.69) is 34.5 Å². The predicted molar refractivity (Wildman–Crippen MR) is 120 cm³/mol. The van der Waals surface area contributed by atoms with E-state index in [1.807, 2.05) is 6.26 Å². The average molecular weight is 484 g/mol. The second-order valence-electron chi connectivity index (χ2n) is 7.25. The number of aromatic nitrogens is 3. The van der Waals surface area contributed by atoms with Crippen molar-refractivity contribution >= 4 is 40.9 Å². The van der Waals surface area contributed by atoms with Crippen molar-refractivity contribution in [3.8, 4) is 11.4 Å². The van der Waals surface area contributed by atoms with Gasteiger partial charge in [0.15, 0.2) is 12.0 Å². The first kappa shape index (κ1) is 21.9. The largest absolute Gasteiger partial charge is 0.434 e. The number of hydrogen-bond donors (Lipinski definition) is 2. The predicted octanol–water partition coefficient (Wildman–Crippen LogP) is 2.69. The van der Waals surface area contributed by atoms with Crippen LogP contribution in [0.5, 0.6) is 5.75 Å². The van der Waals surface area contributed by atoms with Crippen LogP contribution in [0.4, 0.5) is 0 Å². The molecule has 12 heteroatoms. The van der Waals surface area contributed by atoms with Gasteiger partial charge in [-0.1, -0.05) is 37.0 Å². The zero-order valence-electron chi connectivity index (χ0n) is 16.8. The minimum absolute atomic E-state index is 0.0353. The lowest BCUT2D eigenvalue weighted by molar-refractivity contribution is 0.349. The van der Waals surface area contributed by atoms with Crippen molar-refractivity contribution in [2.24, 2.45) is 11.0 Å². The molecular weight excluding hydrogens is 465 g/mol. The van der Waals surface area contributed by atoms with Crippen LogP contribution in [-0.4, -0.2) is 39.2 Å². The molecule has 0 amide bonds. The molecule has 0 radical (unpaired) electrons. The molecule has 2 aliphatic rings. The average Bonchev–Trinajstić information content (AvgIpc) is 3.47. The van der Waals surface area contributed by atoms with Gasteiger partial charge >= 0.3 is 5.69 Å². The second kappa shape index (κ2) is 8.70. The monoisotopic (exact) mass is 483 g/mol. The van der Waals surface area contributed by atoms with E-state index in [9.17, 15) is 9.59 Å². The Balaban J connectivity index is 1.67. The molecule has 0 saturated carbocycles. The standard InChI is InChI=1S/C19H19Cl2N5O4S/c1-8(2)10-6-14(23-24-18-15(10)30-18)29-16-11(20)4-9(5-12(16)21)26-19(28)22-17(27)13(25-26)7-31-3/h4-6,8,15,18,24H,7H2,1-3H3,(H,22,27,28). The van der Waals surface area contributed by atoms with E-state index in [4.69, 9.17) is 32.7 Å². The Labute approximate surface area is 191 Å². The molecule has 164 valence electrons. The van der Waals surface area contributed by atoms with Gasteiger partial charge in [0.2, 0.25) is 5.90 Å². The number of H-pyrrole nitrogens is 1. The lowest BCUT2D eigenvalue weighted by atomic mass is 9.99. The highest BCUT2D eigenvalue weighted by Crippen LogP contribution is 2.37. The van der Waals surface area contributed by atoms with E-state index < -0.39 is 11.2 Å². The molecule has 3 heterocycles. The highest BCUT2D eigenvalue weighted by Gasteiger charge is 2.44. The van der Waals surface area contributed by atoms with Crippen LogP contribution in [0.3, 0.4) is 0 Å². The summed E-state index contributed by atoms with van der Waals surface area (Å²) in [4.78, 5) is 26.4. The molecule has 2 unspecified atom stereocenters. The van der Waals surface area contributed by atoms with Crippen LogP contribution in [0.25, 0.3) is 5.69 Å². The molecule has 31 heavy (non-hydrogen) atoms. The molecule has 2 N–H and O–H groups in total. The number of epoxide rings is 1. The van der Waals surface area contributed by atoms with E-state index in [0.29, 0.717) is 11.4 Å².